The van der Waals surface area contributed by atoms with Crippen molar-refractivity contribution in [3.63, 3.8) is 0 Å². The third-order valence-corrected chi connectivity index (χ3v) is 6.86. The van der Waals surface area contributed by atoms with Crippen LogP contribution in [0.4, 0.5) is 0 Å². The number of fused-ring (bicyclic) bond motifs is 4. The molecule has 4 heterocycles. The van der Waals surface area contributed by atoms with Crippen LogP contribution in [0.3, 0.4) is 0 Å². The summed E-state index contributed by atoms with van der Waals surface area (Å²) in [5.41, 5.74) is 4.22. The number of nitrogens with one attached hydrogen (secondary N) is 1. The molecule has 6 rings (SSSR count). The number of carbonyl (C=O) groups is 2. The van der Waals surface area contributed by atoms with E-state index in [0.717, 1.165) is 40.7 Å². The molecule has 1 N–H and O–H groups in total. The Bertz CT molecular complexity index is 1310. The number of aryl methyl sites for hydroxylation is 1. The van der Waals surface area contributed by atoms with E-state index in [4.69, 9.17) is 0 Å². The molecule has 2 aliphatic rings. The van der Waals surface area contributed by atoms with Crippen LogP contribution in [0.5, 0.6) is 0 Å². The molecular formula is C26H25N5O2. The van der Waals surface area contributed by atoms with E-state index < -0.39 is 6.04 Å². The summed E-state index contributed by atoms with van der Waals surface area (Å²) in [4.78, 5) is 38.3. The van der Waals surface area contributed by atoms with Gasteiger partial charge in [0.15, 0.2) is 0 Å². The predicted molar refractivity (Wildman–Crippen MR) is 124 cm³/mol. The number of carbonyl (C=O) groups excluding carboxylic acids is 2. The first-order valence-electron chi connectivity index (χ1n) is 11.4. The van der Waals surface area contributed by atoms with Crippen LogP contribution in [0.25, 0.3) is 10.9 Å². The molecule has 1 saturated heterocycles. The molecule has 166 valence electrons. The zero-order valence-corrected chi connectivity index (χ0v) is 18.2. The summed E-state index contributed by atoms with van der Waals surface area (Å²) in [6, 6.07) is 17.4. The van der Waals surface area contributed by atoms with Gasteiger partial charge in [-0.05, 0) is 23.6 Å². The molecule has 2 aromatic heterocycles. The fourth-order valence-electron chi connectivity index (χ4n) is 5.36. The summed E-state index contributed by atoms with van der Waals surface area (Å²) in [5.74, 6) is 0.0393. The Balaban J connectivity index is 1.36. The van der Waals surface area contributed by atoms with Crippen LogP contribution in [0.2, 0.25) is 0 Å². The van der Waals surface area contributed by atoms with Crippen molar-refractivity contribution in [2.75, 3.05) is 13.1 Å². The molecule has 1 fully saturated rings. The Kier molecular flexibility index (Phi) is 4.75. The second-order valence-corrected chi connectivity index (χ2v) is 8.81. The third-order valence-electron chi connectivity index (χ3n) is 6.86. The van der Waals surface area contributed by atoms with Crippen LogP contribution in [-0.2, 0) is 22.6 Å². The third kappa shape index (κ3) is 3.31. The number of benzene rings is 2. The first-order valence-corrected chi connectivity index (χ1v) is 11.4. The monoisotopic (exact) mass is 439 g/mol. The Morgan fingerprint density at radius 2 is 1.82 bits per heavy atom. The molecule has 0 unspecified atom stereocenters. The molecule has 7 heteroatoms. The maximum absolute atomic E-state index is 13.6. The van der Waals surface area contributed by atoms with Gasteiger partial charge in [-0.15, -0.1) is 0 Å². The molecule has 0 radical (unpaired) electrons. The lowest BCUT2D eigenvalue weighted by Gasteiger charge is -2.47. The standard InChI is InChI=1S/C26H25N5O2/c32-23-16-30(13-6-12-29-14-11-27-17-29)26(33)22-15-20-19-9-4-5-10-21(19)28-24(20)25(31(22)23)18-7-2-1-3-8-18/h1-5,7-11,14,17,22,25,28H,6,12-13,15-16H2/t22-,25-/m0/s1. The van der Waals surface area contributed by atoms with E-state index in [1.54, 1.807) is 17.4 Å². The van der Waals surface area contributed by atoms with Crippen LogP contribution in [-0.4, -0.2) is 55.3 Å². The van der Waals surface area contributed by atoms with Crippen molar-refractivity contribution in [1.82, 2.24) is 24.3 Å². The fourth-order valence-corrected chi connectivity index (χ4v) is 5.36. The highest BCUT2D eigenvalue weighted by atomic mass is 16.2. The molecular weight excluding hydrogens is 414 g/mol. The van der Waals surface area contributed by atoms with Gasteiger partial charge in [-0.25, -0.2) is 4.98 Å². The molecule has 2 aliphatic heterocycles. The number of imidazole rings is 1. The zero-order valence-electron chi connectivity index (χ0n) is 18.2. The van der Waals surface area contributed by atoms with Crippen LogP contribution >= 0.6 is 0 Å². The second kappa shape index (κ2) is 7.92. The smallest absolute Gasteiger partial charge is 0.246 e. The molecule has 0 aliphatic carbocycles. The predicted octanol–water partition coefficient (Wildman–Crippen LogP) is 3.14. The number of rotatable bonds is 5. The molecule has 0 saturated carbocycles. The number of hydrogen-bond donors (Lipinski definition) is 1. The lowest BCUT2D eigenvalue weighted by Crippen LogP contribution is -2.63. The Hall–Kier alpha value is -3.87. The summed E-state index contributed by atoms with van der Waals surface area (Å²) < 4.78 is 1.99. The molecule has 4 aromatic rings. The van der Waals surface area contributed by atoms with Gasteiger partial charge in [-0.2, -0.15) is 0 Å². The first kappa shape index (κ1) is 19.8. The van der Waals surface area contributed by atoms with E-state index in [-0.39, 0.29) is 24.4 Å². The van der Waals surface area contributed by atoms with E-state index in [0.29, 0.717) is 13.0 Å². The average Bonchev–Trinajstić information content (AvgIpc) is 3.49. The number of aromatic amines is 1. The summed E-state index contributed by atoms with van der Waals surface area (Å²) in [7, 11) is 0. The Morgan fingerprint density at radius 1 is 1.00 bits per heavy atom. The van der Waals surface area contributed by atoms with Gasteiger partial charge in [0.2, 0.25) is 11.8 Å². The van der Waals surface area contributed by atoms with Gasteiger partial charge >= 0.3 is 0 Å². The SMILES string of the molecule is O=C1[C@@H]2Cc3c([nH]c4ccccc34)[C@H](c3ccccc3)N2C(=O)CN1CCCn1ccnc1. The minimum absolute atomic E-state index is 0.000361. The van der Waals surface area contributed by atoms with Gasteiger partial charge in [0.1, 0.15) is 6.04 Å². The van der Waals surface area contributed by atoms with Crippen LogP contribution < -0.4 is 0 Å². The van der Waals surface area contributed by atoms with Crippen molar-refractivity contribution < 1.29 is 9.59 Å². The van der Waals surface area contributed by atoms with Crippen molar-refractivity contribution in [1.29, 1.82) is 0 Å². The number of nitrogens with zero attached hydrogens (tertiary/aromatic N) is 4. The molecule has 2 atom stereocenters. The van der Waals surface area contributed by atoms with E-state index in [1.807, 2.05) is 58.1 Å². The molecule has 2 aromatic carbocycles. The van der Waals surface area contributed by atoms with Crippen molar-refractivity contribution in [2.45, 2.75) is 31.5 Å². The van der Waals surface area contributed by atoms with Gasteiger partial charge in [-0.1, -0.05) is 48.5 Å². The molecule has 2 amide bonds. The van der Waals surface area contributed by atoms with Gasteiger partial charge < -0.3 is 19.4 Å². The van der Waals surface area contributed by atoms with Crippen molar-refractivity contribution >= 4 is 22.7 Å². The van der Waals surface area contributed by atoms with Crippen molar-refractivity contribution in [3.8, 4) is 0 Å². The number of amides is 2. The largest absolute Gasteiger partial charge is 0.356 e. The van der Waals surface area contributed by atoms with Crippen molar-refractivity contribution in [3.05, 3.63) is 90.1 Å². The number of para-hydroxylation sites is 1. The van der Waals surface area contributed by atoms with E-state index in [9.17, 15) is 9.59 Å². The molecule has 33 heavy (non-hydrogen) atoms. The number of piperazine rings is 1. The lowest BCUT2D eigenvalue weighted by atomic mass is 9.86. The quantitative estimate of drug-likeness (QED) is 0.519. The minimum atomic E-state index is -0.489. The molecule has 0 spiro atoms. The average molecular weight is 440 g/mol. The maximum atomic E-state index is 13.6. The van der Waals surface area contributed by atoms with Gasteiger partial charge in [-0.3, -0.25) is 9.59 Å². The van der Waals surface area contributed by atoms with Crippen LogP contribution in [0, 0.1) is 0 Å². The summed E-state index contributed by atoms with van der Waals surface area (Å²) in [6.45, 7) is 1.45. The Morgan fingerprint density at radius 3 is 2.64 bits per heavy atom. The molecule has 7 nitrogen and oxygen atoms in total. The van der Waals surface area contributed by atoms with E-state index in [2.05, 4.69) is 22.1 Å². The van der Waals surface area contributed by atoms with Crippen LogP contribution in [0.15, 0.2) is 73.3 Å². The zero-order chi connectivity index (χ0) is 22.4. The topological polar surface area (TPSA) is 74.2 Å². The fraction of sp³-hybridized carbons (Fsp3) is 0.269. The van der Waals surface area contributed by atoms with Crippen LogP contribution in [0.1, 0.15) is 29.3 Å². The lowest BCUT2D eigenvalue weighted by molar-refractivity contribution is -0.158. The van der Waals surface area contributed by atoms with Gasteiger partial charge in [0.05, 0.1) is 18.9 Å². The summed E-state index contributed by atoms with van der Waals surface area (Å²) >= 11 is 0. The number of hydrogen-bond acceptors (Lipinski definition) is 3. The van der Waals surface area contributed by atoms with E-state index >= 15 is 0 Å². The number of aromatic nitrogens is 3. The highest BCUT2D eigenvalue weighted by molar-refractivity contribution is 5.97. The highest BCUT2D eigenvalue weighted by Crippen LogP contribution is 2.42. The number of H-pyrrole nitrogens is 1. The van der Waals surface area contributed by atoms with Crippen molar-refractivity contribution in [2.24, 2.45) is 0 Å². The van der Waals surface area contributed by atoms with E-state index in [1.165, 1.54) is 0 Å². The molecule has 0 bridgehead atoms. The van der Waals surface area contributed by atoms with Gasteiger partial charge in [0.25, 0.3) is 0 Å². The maximum Gasteiger partial charge on any atom is 0.246 e. The van der Waals surface area contributed by atoms with Gasteiger partial charge in [0, 0.05) is 48.5 Å². The normalized spacial score (nSPS) is 20.2. The summed E-state index contributed by atoms with van der Waals surface area (Å²) in [5, 5.41) is 1.13. The first-order chi connectivity index (χ1) is 16.2. The second-order valence-electron chi connectivity index (χ2n) is 8.81. The Labute approximate surface area is 191 Å². The summed E-state index contributed by atoms with van der Waals surface area (Å²) in [6.07, 6.45) is 6.75. The minimum Gasteiger partial charge on any atom is -0.356 e. The highest BCUT2D eigenvalue weighted by Gasteiger charge is 2.47.